The van der Waals surface area contributed by atoms with Crippen LogP contribution in [0.15, 0.2) is 6.07 Å². The van der Waals surface area contributed by atoms with E-state index in [0.29, 0.717) is 18.7 Å². The molecule has 20 heavy (non-hydrogen) atoms. The Bertz CT molecular complexity index is 525. The van der Waals surface area contributed by atoms with Crippen LogP contribution >= 0.6 is 11.3 Å². The maximum atomic E-state index is 12.6. The van der Waals surface area contributed by atoms with Crippen molar-refractivity contribution in [1.29, 1.82) is 0 Å². The van der Waals surface area contributed by atoms with Gasteiger partial charge in [-0.25, -0.2) is 0 Å². The molecule has 110 valence electrons. The number of ether oxygens (including phenoxy) is 1. The monoisotopic (exact) mass is 297 g/mol. The van der Waals surface area contributed by atoms with Crippen LogP contribution in [0.1, 0.15) is 27.0 Å². The molecule has 2 atom stereocenters. The first-order valence-electron chi connectivity index (χ1n) is 6.64. The number of carbonyl (C=O) groups excluding carboxylic acids is 1. The van der Waals surface area contributed by atoms with Gasteiger partial charge < -0.3 is 14.7 Å². The van der Waals surface area contributed by atoms with Crippen molar-refractivity contribution in [3.63, 3.8) is 0 Å². The van der Waals surface area contributed by atoms with E-state index < -0.39 is 11.9 Å². The number of carboxylic acids is 1. The molecule has 5 nitrogen and oxygen atoms in total. The lowest BCUT2D eigenvalue weighted by atomic mass is 10.0. The summed E-state index contributed by atoms with van der Waals surface area (Å²) in [6.45, 7) is 6.68. The number of likely N-dealkylation sites (N-methyl/N-ethyl adjacent to an activating group) is 1. The number of nitrogens with zero attached hydrogens (tertiary/aromatic N) is 1. The molecule has 1 amide bonds. The average Bonchev–Trinajstić information content (AvgIpc) is 2.97. The van der Waals surface area contributed by atoms with Crippen LogP contribution in [0.2, 0.25) is 0 Å². The van der Waals surface area contributed by atoms with Crippen molar-refractivity contribution >= 4 is 23.2 Å². The van der Waals surface area contributed by atoms with Gasteiger partial charge in [0.1, 0.15) is 5.92 Å². The maximum absolute atomic E-state index is 12.6. The van der Waals surface area contributed by atoms with Gasteiger partial charge in [-0.2, -0.15) is 0 Å². The number of carbonyl (C=O) groups is 2. The van der Waals surface area contributed by atoms with Crippen LogP contribution in [0.4, 0.5) is 0 Å². The molecule has 0 aromatic carbocycles. The van der Waals surface area contributed by atoms with Crippen LogP contribution in [-0.2, 0) is 9.53 Å². The Kier molecular flexibility index (Phi) is 4.45. The molecule has 0 aliphatic carbocycles. The van der Waals surface area contributed by atoms with Crippen LogP contribution in [-0.4, -0.2) is 47.7 Å². The minimum Gasteiger partial charge on any atom is -0.481 e. The smallest absolute Gasteiger partial charge is 0.311 e. The number of hydrogen-bond donors (Lipinski definition) is 1. The summed E-state index contributed by atoms with van der Waals surface area (Å²) in [7, 11) is 0. The summed E-state index contributed by atoms with van der Waals surface area (Å²) in [6.07, 6.45) is 0. The minimum atomic E-state index is -0.906. The van der Waals surface area contributed by atoms with E-state index in [1.165, 1.54) is 0 Å². The molecule has 2 heterocycles. The highest BCUT2D eigenvalue weighted by Crippen LogP contribution is 2.26. The molecule has 1 saturated heterocycles. The quantitative estimate of drug-likeness (QED) is 0.922. The van der Waals surface area contributed by atoms with E-state index in [0.717, 1.165) is 9.75 Å². The van der Waals surface area contributed by atoms with Crippen molar-refractivity contribution in [2.75, 3.05) is 19.8 Å². The van der Waals surface area contributed by atoms with Gasteiger partial charge in [-0.3, -0.25) is 9.59 Å². The van der Waals surface area contributed by atoms with Crippen LogP contribution in [0.25, 0.3) is 0 Å². The van der Waals surface area contributed by atoms with Crippen molar-refractivity contribution in [2.45, 2.75) is 26.8 Å². The minimum absolute atomic E-state index is 0.101. The van der Waals surface area contributed by atoms with E-state index >= 15 is 0 Å². The lowest BCUT2D eigenvalue weighted by Gasteiger charge is -2.29. The zero-order valence-corrected chi connectivity index (χ0v) is 12.7. The fraction of sp³-hybridized carbons (Fsp3) is 0.571. The van der Waals surface area contributed by atoms with Gasteiger partial charge in [0.05, 0.1) is 24.8 Å². The molecule has 1 aliphatic heterocycles. The van der Waals surface area contributed by atoms with Crippen molar-refractivity contribution in [2.24, 2.45) is 5.92 Å². The van der Waals surface area contributed by atoms with Gasteiger partial charge in [-0.15, -0.1) is 11.3 Å². The van der Waals surface area contributed by atoms with Crippen LogP contribution < -0.4 is 0 Å². The van der Waals surface area contributed by atoms with Crippen LogP contribution in [0.3, 0.4) is 0 Å². The van der Waals surface area contributed by atoms with Crippen LogP contribution in [0, 0.1) is 19.8 Å². The predicted molar refractivity (Wildman–Crippen MR) is 76.2 cm³/mol. The summed E-state index contributed by atoms with van der Waals surface area (Å²) in [5.74, 6) is -1.65. The Hall–Kier alpha value is -1.40. The van der Waals surface area contributed by atoms with Gasteiger partial charge in [-0.05, 0) is 26.8 Å². The second-order valence-electron chi connectivity index (χ2n) is 4.97. The van der Waals surface area contributed by atoms with E-state index in [4.69, 9.17) is 4.74 Å². The first-order valence-corrected chi connectivity index (χ1v) is 7.45. The standard InChI is InChI=1S/C14H19NO4S/c1-4-15(12-7-19-6-11(12)14(17)18)13(16)10-5-8(2)20-9(10)3/h5,11-12H,4,6-7H2,1-3H3,(H,17,18). The first kappa shape index (κ1) is 15.0. The van der Waals surface area contributed by atoms with E-state index in [1.54, 1.807) is 16.2 Å². The van der Waals surface area contributed by atoms with Crippen molar-refractivity contribution in [3.05, 3.63) is 21.4 Å². The highest BCUT2D eigenvalue weighted by Gasteiger charge is 2.40. The Labute approximate surface area is 122 Å². The number of carboxylic acid groups (broad SMARTS) is 1. The van der Waals surface area contributed by atoms with Crippen molar-refractivity contribution in [3.8, 4) is 0 Å². The summed E-state index contributed by atoms with van der Waals surface area (Å²) in [5.41, 5.74) is 0.672. The summed E-state index contributed by atoms with van der Waals surface area (Å²) >= 11 is 1.58. The number of hydrogen-bond acceptors (Lipinski definition) is 4. The molecule has 1 fully saturated rings. The Morgan fingerprint density at radius 2 is 2.15 bits per heavy atom. The number of aryl methyl sites for hydroxylation is 2. The Balaban J connectivity index is 2.26. The largest absolute Gasteiger partial charge is 0.481 e. The molecule has 2 unspecified atom stereocenters. The molecular formula is C14H19NO4S. The van der Waals surface area contributed by atoms with Gasteiger partial charge in [-0.1, -0.05) is 0 Å². The molecule has 1 N–H and O–H groups in total. The number of aliphatic carboxylic acids is 1. The molecular weight excluding hydrogens is 278 g/mol. The third-order valence-electron chi connectivity index (χ3n) is 3.64. The summed E-state index contributed by atoms with van der Waals surface area (Å²) in [6, 6.07) is 1.49. The zero-order chi connectivity index (χ0) is 14.9. The molecule has 1 aromatic heterocycles. The average molecular weight is 297 g/mol. The zero-order valence-electron chi connectivity index (χ0n) is 11.9. The SMILES string of the molecule is CCN(C(=O)c1cc(C)sc1C)C1COCC1C(=O)O. The summed E-state index contributed by atoms with van der Waals surface area (Å²) in [5, 5.41) is 9.22. The second-order valence-corrected chi connectivity index (χ2v) is 6.43. The van der Waals surface area contributed by atoms with Crippen molar-refractivity contribution in [1.82, 2.24) is 4.90 Å². The third-order valence-corrected chi connectivity index (χ3v) is 4.61. The highest BCUT2D eigenvalue weighted by molar-refractivity contribution is 7.12. The molecule has 0 spiro atoms. The van der Waals surface area contributed by atoms with Crippen molar-refractivity contribution < 1.29 is 19.4 Å². The number of thiophene rings is 1. The summed E-state index contributed by atoms with van der Waals surface area (Å²) < 4.78 is 5.26. The molecule has 0 saturated carbocycles. The number of amides is 1. The molecule has 2 rings (SSSR count). The molecule has 1 aromatic rings. The topological polar surface area (TPSA) is 66.8 Å². The molecule has 6 heteroatoms. The Morgan fingerprint density at radius 3 is 2.65 bits per heavy atom. The van der Waals surface area contributed by atoms with E-state index in [2.05, 4.69) is 0 Å². The number of rotatable bonds is 4. The molecule has 0 bridgehead atoms. The molecule has 1 aliphatic rings. The lowest BCUT2D eigenvalue weighted by molar-refractivity contribution is -0.142. The highest BCUT2D eigenvalue weighted by atomic mass is 32.1. The maximum Gasteiger partial charge on any atom is 0.311 e. The predicted octanol–water partition coefficient (Wildman–Crippen LogP) is 1.93. The Morgan fingerprint density at radius 1 is 1.45 bits per heavy atom. The van der Waals surface area contributed by atoms with Gasteiger partial charge >= 0.3 is 5.97 Å². The third kappa shape index (κ3) is 2.71. The van der Waals surface area contributed by atoms with E-state index in [-0.39, 0.29) is 18.6 Å². The second kappa shape index (κ2) is 5.93. The first-order chi connectivity index (χ1) is 9.45. The van der Waals surface area contributed by atoms with Gasteiger partial charge in [0.2, 0.25) is 0 Å². The molecule has 0 radical (unpaired) electrons. The van der Waals surface area contributed by atoms with Gasteiger partial charge in [0.15, 0.2) is 0 Å². The fourth-order valence-electron chi connectivity index (χ4n) is 2.61. The van der Waals surface area contributed by atoms with Crippen LogP contribution in [0.5, 0.6) is 0 Å². The van der Waals surface area contributed by atoms with Gasteiger partial charge in [0, 0.05) is 16.3 Å². The lowest BCUT2D eigenvalue weighted by Crippen LogP contribution is -2.46. The van der Waals surface area contributed by atoms with E-state index in [9.17, 15) is 14.7 Å². The fourth-order valence-corrected chi connectivity index (χ4v) is 3.53. The summed E-state index contributed by atoms with van der Waals surface area (Å²) in [4.78, 5) is 27.6. The van der Waals surface area contributed by atoms with E-state index in [1.807, 2.05) is 26.8 Å². The van der Waals surface area contributed by atoms with Gasteiger partial charge in [0.25, 0.3) is 5.91 Å². The normalized spacial score (nSPS) is 21.9.